The van der Waals surface area contributed by atoms with Gasteiger partial charge in [-0.3, -0.25) is 11.3 Å². The van der Waals surface area contributed by atoms with Gasteiger partial charge in [0, 0.05) is 5.54 Å². The normalized spacial score (nSPS) is 36.9. The third-order valence-electron chi connectivity index (χ3n) is 4.11. The van der Waals surface area contributed by atoms with Crippen LogP contribution in [0.1, 0.15) is 30.4 Å². The molecule has 15 heavy (non-hydrogen) atoms. The molecule has 3 aliphatic rings. The molecule has 2 heteroatoms. The van der Waals surface area contributed by atoms with Gasteiger partial charge in [0.05, 0.1) is 0 Å². The Balaban J connectivity index is 1.69. The molecule has 0 heterocycles. The third-order valence-corrected chi connectivity index (χ3v) is 4.11. The summed E-state index contributed by atoms with van der Waals surface area (Å²) in [4.78, 5) is 0. The summed E-state index contributed by atoms with van der Waals surface area (Å²) in [6.07, 6.45) is 5.04. The molecule has 0 unspecified atom stereocenters. The van der Waals surface area contributed by atoms with E-state index in [1.54, 1.807) is 0 Å². The van der Waals surface area contributed by atoms with Crippen LogP contribution in [0.4, 0.5) is 0 Å². The number of aryl methyl sites for hydroxylation is 1. The van der Waals surface area contributed by atoms with Crippen LogP contribution in [0.2, 0.25) is 0 Å². The van der Waals surface area contributed by atoms with E-state index in [1.165, 1.54) is 36.8 Å². The van der Waals surface area contributed by atoms with Crippen molar-refractivity contribution in [1.82, 2.24) is 5.43 Å². The van der Waals surface area contributed by atoms with Gasteiger partial charge >= 0.3 is 0 Å². The van der Waals surface area contributed by atoms with E-state index in [0.717, 1.165) is 0 Å². The van der Waals surface area contributed by atoms with Crippen LogP contribution in [0.25, 0.3) is 0 Å². The third kappa shape index (κ3) is 1.32. The molecule has 0 spiro atoms. The molecular formula is C13H18N2. The molecule has 1 aromatic carbocycles. The van der Waals surface area contributed by atoms with Gasteiger partial charge < -0.3 is 0 Å². The molecule has 3 saturated carbocycles. The highest BCUT2D eigenvalue weighted by atomic mass is 15.3. The lowest BCUT2D eigenvalue weighted by Crippen LogP contribution is -2.75. The lowest BCUT2D eigenvalue weighted by molar-refractivity contribution is -0.153. The van der Waals surface area contributed by atoms with E-state index >= 15 is 0 Å². The Morgan fingerprint density at radius 2 is 2.07 bits per heavy atom. The van der Waals surface area contributed by atoms with Crippen LogP contribution in [0.5, 0.6) is 0 Å². The molecule has 4 rings (SSSR count). The fourth-order valence-corrected chi connectivity index (χ4v) is 3.59. The van der Waals surface area contributed by atoms with Gasteiger partial charge in [0.2, 0.25) is 0 Å². The zero-order valence-electron chi connectivity index (χ0n) is 9.22. The molecule has 0 saturated heterocycles. The van der Waals surface area contributed by atoms with Crippen molar-refractivity contribution in [3.05, 3.63) is 35.4 Å². The van der Waals surface area contributed by atoms with Crippen LogP contribution in [-0.4, -0.2) is 5.54 Å². The second-order valence-corrected chi connectivity index (χ2v) is 5.62. The molecule has 0 aliphatic heterocycles. The molecule has 80 valence electrons. The largest absolute Gasteiger partial charge is 0.271 e. The van der Waals surface area contributed by atoms with Crippen molar-refractivity contribution in [3.8, 4) is 0 Å². The van der Waals surface area contributed by atoms with E-state index in [0.29, 0.717) is 11.0 Å². The van der Waals surface area contributed by atoms with Crippen molar-refractivity contribution >= 4 is 0 Å². The summed E-state index contributed by atoms with van der Waals surface area (Å²) in [6.45, 7) is 2.16. The van der Waals surface area contributed by atoms with Crippen molar-refractivity contribution in [1.29, 1.82) is 0 Å². The monoisotopic (exact) mass is 202 g/mol. The van der Waals surface area contributed by atoms with Crippen molar-refractivity contribution < 1.29 is 0 Å². The smallest absolute Gasteiger partial charge is 0.0337 e. The predicted molar refractivity (Wildman–Crippen MR) is 61.2 cm³/mol. The highest BCUT2D eigenvalue weighted by Crippen LogP contribution is 2.68. The Labute approximate surface area is 90.8 Å². The second kappa shape index (κ2) is 2.83. The van der Waals surface area contributed by atoms with Gasteiger partial charge in [-0.15, -0.1) is 0 Å². The average Bonchev–Trinajstić information content (AvgIpc) is 2.09. The number of rotatable bonds is 3. The maximum atomic E-state index is 5.53. The molecule has 3 N–H and O–H groups in total. The molecule has 2 bridgehead atoms. The van der Waals surface area contributed by atoms with E-state index in [2.05, 4.69) is 36.6 Å². The zero-order valence-corrected chi connectivity index (χ0v) is 9.22. The topological polar surface area (TPSA) is 38.0 Å². The van der Waals surface area contributed by atoms with Gasteiger partial charge in [-0.05, 0) is 43.6 Å². The van der Waals surface area contributed by atoms with Gasteiger partial charge in [-0.1, -0.05) is 29.8 Å². The van der Waals surface area contributed by atoms with E-state index in [4.69, 9.17) is 5.84 Å². The Hall–Kier alpha value is -0.860. The first-order valence-electron chi connectivity index (χ1n) is 5.69. The standard InChI is InChI=1S/C13H18N2/c1-10-3-2-4-11(5-10)6-12-7-13(8-12,9-12)15-14/h2-5,15H,6-9,14H2,1H3. The summed E-state index contributed by atoms with van der Waals surface area (Å²) < 4.78 is 0. The number of benzene rings is 1. The van der Waals surface area contributed by atoms with Gasteiger partial charge in [0.1, 0.15) is 0 Å². The minimum Gasteiger partial charge on any atom is -0.271 e. The molecule has 1 aromatic rings. The van der Waals surface area contributed by atoms with E-state index in [-0.39, 0.29) is 0 Å². The summed E-state index contributed by atoms with van der Waals surface area (Å²) in [5, 5.41) is 0. The number of hydrogen-bond acceptors (Lipinski definition) is 2. The first-order valence-corrected chi connectivity index (χ1v) is 5.69. The SMILES string of the molecule is Cc1cccc(CC23CC(NN)(C2)C3)c1. The van der Waals surface area contributed by atoms with Crippen LogP contribution in [0.15, 0.2) is 24.3 Å². The fraction of sp³-hybridized carbons (Fsp3) is 0.538. The summed E-state index contributed by atoms with van der Waals surface area (Å²) in [5.74, 6) is 5.53. The molecule has 0 radical (unpaired) electrons. The molecule has 0 amide bonds. The van der Waals surface area contributed by atoms with Crippen LogP contribution in [0.3, 0.4) is 0 Å². The Kier molecular flexibility index (Phi) is 1.77. The first kappa shape index (κ1) is 9.37. The minimum atomic E-state index is 0.323. The maximum absolute atomic E-state index is 5.53. The molecule has 3 aliphatic carbocycles. The summed E-state index contributed by atoms with van der Waals surface area (Å²) in [6, 6.07) is 8.88. The van der Waals surface area contributed by atoms with Crippen molar-refractivity contribution in [2.75, 3.05) is 0 Å². The van der Waals surface area contributed by atoms with Crippen LogP contribution < -0.4 is 11.3 Å². The Morgan fingerprint density at radius 3 is 2.67 bits per heavy atom. The second-order valence-electron chi connectivity index (χ2n) is 5.62. The number of hydrogen-bond donors (Lipinski definition) is 2. The Morgan fingerprint density at radius 1 is 1.33 bits per heavy atom. The van der Waals surface area contributed by atoms with Crippen molar-refractivity contribution in [3.63, 3.8) is 0 Å². The number of hydrazine groups is 1. The maximum Gasteiger partial charge on any atom is 0.0337 e. The average molecular weight is 202 g/mol. The van der Waals surface area contributed by atoms with Gasteiger partial charge in [0.25, 0.3) is 0 Å². The quantitative estimate of drug-likeness (QED) is 0.580. The molecule has 2 nitrogen and oxygen atoms in total. The molecule has 3 fully saturated rings. The van der Waals surface area contributed by atoms with Crippen LogP contribution in [-0.2, 0) is 6.42 Å². The van der Waals surface area contributed by atoms with Crippen molar-refractivity contribution in [2.45, 2.75) is 38.1 Å². The molecule has 0 aromatic heterocycles. The highest BCUT2D eigenvalue weighted by Gasteiger charge is 2.66. The van der Waals surface area contributed by atoms with E-state index in [9.17, 15) is 0 Å². The number of nitrogens with two attached hydrogens (primary N) is 1. The summed E-state index contributed by atoms with van der Waals surface area (Å²) in [7, 11) is 0. The summed E-state index contributed by atoms with van der Waals surface area (Å²) >= 11 is 0. The van der Waals surface area contributed by atoms with Gasteiger partial charge in [0.15, 0.2) is 0 Å². The Bertz CT molecular complexity index is 378. The van der Waals surface area contributed by atoms with E-state index in [1.807, 2.05) is 0 Å². The van der Waals surface area contributed by atoms with Crippen LogP contribution >= 0.6 is 0 Å². The molecular weight excluding hydrogens is 184 g/mol. The first-order chi connectivity index (χ1) is 7.15. The highest BCUT2D eigenvalue weighted by molar-refractivity contribution is 5.30. The minimum absolute atomic E-state index is 0.323. The predicted octanol–water partition coefficient (Wildman–Crippen LogP) is 1.92. The van der Waals surface area contributed by atoms with E-state index < -0.39 is 0 Å². The number of nitrogens with one attached hydrogen (secondary N) is 1. The lowest BCUT2D eigenvalue weighted by Gasteiger charge is -2.70. The van der Waals surface area contributed by atoms with Crippen LogP contribution in [0, 0.1) is 12.3 Å². The van der Waals surface area contributed by atoms with Gasteiger partial charge in [-0.25, -0.2) is 0 Å². The van der Waals surface area contributed by atoms with Gasteiger partial charge in [-0.2, -0.15) is 0 Å². The fourth-order valence-electron chi connectivity index (χ4n) is 3.59. The van der Waals surface area contributed by atoms with Crippen molar-refractivity contribution in [2.24, 2.45) is 11.3 Å². The zero-order chi connectivity index (χ0) is 10.5. The summed E-state index contributed by atoms with van der Waals surface area (Å²) in [5.41, 5.74) is 6.73. The molecule has 0 atom stereocenters. The lowest BCUT2D eigenvalue weighted by atomic mass is 9.38.